The van der Waals surface area contributed by atoms with Gasteiger partial charge in [0.15, 0.2) is 5.82 Å². The molecule has 1 amide bonds. The van der Waals surface area contributed by atoms with Crippen molar-refractivity contribution in [2.45, 2.75) is 32.4 Å². The van der Waals surface area contributed by atoms with Gasteiger partial charge in [0.25, 0.3) is 0 Å². The van der Waals surface area contributed by atoms with Gasteiger partial charge in [-0.25, -0.2) is 0 Å². The Bertz CT molecular complexity index is 582. The fraction of sp³-hybridized carbons (Fsp3) is 0.500. The van der Waals surface area contributed by atoms with E-state index >= 15 is 0 Å². The molecule has 1 aliphatic heterocycles. The predicted molar refractivity (Wildman–Crippen MR) is 78.9 cm³/mol. The minimum Gasteiger partial charge on any atom is -0.355 e. The van der Waals surface area contributed by atoms with Crippen LogP contribution in [-0.4, -0.2) is 45.0 Å². The highest BCUT2D eigenvalue weighted by Gasteiger charge is 2.22. The third kappa shape index (κ3) is 3.42. The summed E-state index contributed by atoms with van der Waals surface area (Å²) in [5, 5.41) is 14.4. The van der Waals surface area contributed by atoms with E-state index in [0.29, 0.717) is 0 Å². The molecule has 0 radical (unpaired) electrons. The van der Waals surface area contributed by atoms with E-state index in [9.17, 15) is 4.79 Å². The van der Waals surface area contributed by atoms with Gasteiger partial charge >= 0.3 is 0 Å². The van der Waals surface area contributed by atoms with Gasteiger partial charge in [0.2, 0.25) is 5.91 Å². The fourth-order valence-electron chi connectivity index (χ4n) is 2.63. The van der Waals surface area contributed by atoms with Gasteiger partial charge in [0, 0.05) is 43.3 Å². The number of aromatic nitrogens is 4. The molecular formula is C14H20N6O. The van der Waals surface area contributed by atoms with E-state index in [2.05, 4.69) is 31.6 Å². The molecule has 0 atom stereocenters. The summed E-state index contributed by atoms with van der Waals surface area (Å²) in [6.45, 7) is 4.11. The molecule has 112 valence electrons. The highest BCUT2D eigenvalue weighted by atomic mass is 16.2. The molecule has 0 bridgehead atoms. The molecule has 0 aliphatic carbocycles. The third-order valence-electron chi connectivity index (χ3n) is 3.74. The standard InChI is InChI=1S/C14H20N6O/c1-11-9-13(18-17-11)19-7-3-12(4-8-19)16-14(21)10-20-6-2-5-15-20/h2,5-6,9,12H,3-4,7-8,10H2,1H3,(H,16,21)(H,17,18). The van der Waals surface area contributed by atoms with E-state index in [-0.39, 0.29) is 18.5 Å². The number of aryl methyl sites for hydroxylation is 1. The Morgan fingerprint density at radius 1 is 1.48 bits per heavy atom. The summed E-state index contributed by atoms with van der Waals surface area (Å²) >= 11 is 0. The number of aromatic amines is 1. The smallest absolute Gasteiger partial charge is 0.241 e. The van der Waals surface area contributed by atoms with Gasteiger partial charge in [-0.05, 0) is 25.8 Å². The Labute approximate surface area is 123 Å². The molecule has 2 N–H and O–H groups in total. The van der Waals surface area contributed by atoms with Crippen molar-refractivity contribution in [1.82, 2.24) is 25.3 Å². The van der Waals surface area contributed by atoms with Gasteiger partial charge in [0.05, 0.1) is 0 Å². The summed E-state index contributed by atoms with van der Waals surface area (Å²) in [6, 6.07) is 4.11. The Balaban J connectivity index is 1.46. The van der Waals surface area contributed by atoms with Crippen LogP contribution in [0.4, 0.5) is 5.82 Å². The van der Waals surface area contributed by atoms with Gasteiger partial charge in [-0.2, -0.15) is 10.2 Å². The Kier molecular flexibility index (Phi) is 3.89. The first kappa shape index (κ1) is 13.7. The highest BCUT2D eigenvalue weighted by molar-refractivity contribution is 5.76. The van der Waals surface area contributed by atoms with Gasteiger partial charge in [0.1, 0.15) is 6.54 Å². The molecule has 21 heavy (non-hydrogen) atoms. The van der Waals surface area contributed by atoms with Crippen LogP contribution < -0.4 is 10.2 Å². The zero-order valence-corrected chi connectivity index (χ0v) is 12.1. The zero-order chi connectivity index (χ0) is 14.7. The Morgan fingerprint density at radius 3 is 2.90 bits per heavy atom. The van der Waals surface area contributed by atoms with Crippen LogP contribution in [0.25, 0.3) is 0 Å². The van der Waals surface area contributed by atoms with Crippen molar-refractivity contribution in [2.75, 3.05) is 18.0 Å². The van der Waals surface area contributed by atoms with Crippen LogP contribution in [0.5, 0.6) is 0 Å². The molecule has 1 aliphatic rings. The molecule has 0 unspecified atom stereocenters. The van der Waals surface area contributed by atoms with Crippen molar-refractivity contribution >= 4 is 11.7 Å². The summed E-state index contributed by atoms with van der Waals surface area (Å²) in [4.78, 5) is 14.2. The molecule has 7 nitrogen and oxygen atoms in total. The van der Waals surface area contributed by atoms with Gasteiger partial charge in [-0.1, -0.05) is 0 Å². The van der Waals surface area contributed by atoms with E-state index in [1.165, 1.54) is 0 Å². The molecule has 3 rings (SSSR count). The minimum absolute atomic E-state index is 0.0211. The van der Waals surface area contributed by atoms with E-state index in [4.69, 9.17) is 0 Å². The van der Waals surface area contributed by atoms with Crippen LogP contribution in [0.2, 0.25) is 0 Å². The third-order valence-corrected chi connectivity index (χ3v) is 3.74. The number of rotatable bonds is 4. The molecule has 2 aromatic rings. The molecule has 2 aromatic heterocycles. The molecule has 7 heteroatoms. The lowest BCUT2D eigenvalue weighted by molar-refractivity contribution is -0.122. The maximum atomic E-state index is 11.9. The molecule has 0 saturated carbocycles. The molecule has 1 fully saturated rings. The Morgan fingerprint density at radius 2 is 2.29 bits per heavy atom. The fourth-order valence-corrected chi connectivity index (χ4v) is 2.63. The van der Waals surface area contributed by atoms with Crippen LogP contribution in [0.1, 0.15) is 18.5 Å². The van der Waals surface area contributed by atoms with Crippen molar-refractivity contribution in [2.24, 2.45) is 0 Å². The van der Waals surface area contributed by atoms with Crippen LogP contribution >= 0.6 is 0 Å². The lowest BCUT2D eigenvalue weighted by atomic mass is 10.1. The van der Waals surface area contributed by atoms with Crippen LogP contribution in [0.15, 0.2) is 24.5 Å². The van der Waals surface area contributed by atoms with Crippen molar-refractivity contribution in [1.29, 1.82) is 0 Å². The summed E-state index contributed by atoms with van der Waals surface area (Å²) in [5.74, 6) is 1.02. The van der Waals surface area contributed by atoms with E-state index < -0.39 is 0 Å². The molecule has 0 aromatic carbocycles. The number of H-pyrrole nitrogens is 1. The van der Waals surface area contributed by atoms with E-state index in [1.807, 2.05) is 13.0 Å². The summed E-state index contributed by atoms with van der Waals surface area (Å²) in [6.07, 6.45) is 5.35. The Hall–Kier alpha value is -2.31. The maximum absolute atomic E-state index is 11.9. The molecule has 0 spiro atoms. The molecule has 1 saturated heterocycles. The highest BCUT2D eigenvalue weighted by Crippen LogP contribution is 2.18. The number of hydrogen-bond acceptors (Lipinski definition) is 4. The number of nitrogens with zero attached hydrogens (tertiary/aromatic N) is 4. The van der Waals surface area contributed by atoms with E-state index in [1.54, 1.807) is 17.1 Å². The first-order chi connectivity index (χ1) is 10.2. The van der Waals surface area contributed by atoms with Crippen LogP contribution in [0, 0.1) is 6.92 Å². The van der Waals surface area contributed by atoms with Crippen LogP contribution in [-0.2, 0) is 11.3 Å². The number of carbonyl (C=O) groups excluding carboxylic acids is 1. The first-order valence-corrected chi connectivity index (χ1v) is 7.24. The lowest BCUT2D eigenvalue weighted by Crippen LogP contribution is -2.45. The molecular weight excluding hydrogens is 268 g/mol. The quantitative estimate of drug-likeness (QED) is 0.868. The lowest BCUT2D eigenvalue weighted by Gasteiger charge is -2.32. The summed E-state index contributed by atoms with van der Waals surface area (Å²) in [7, 11) is 0. The maximum Gasteiger partial charge on any atom is 0.241 e. The normalized spacial score (nSPS) is 16.1. The average Bonchev–Trinajstić information content (AvgIpc) is 3.11. The second-order valence-electron chi connectivity index (χ2n) is 5.44. The van der Waals surface area contributed by atoms with Gasteiger partial charge < -0.3 is 10.2 Å². The minimum atomic E-state index is 0.0211. The number of anilines is 1. The second kappa shape index (κ2) is 5.99. The van der Waals surface area contributed by atoms with Gasteiger partial charge in [-0.15, -0.1) is 0 Å². The number of carbonyl (C=O) groups is 1. The summed E-state index contributed by atoms with van der Waals surface area (Å²) in [5.41, 5.74) is 1.07. The second-order valence-corrected chi connectivity index (χ2v) is 5.44. The number of nitrogens with one attached hydrogen (secondary N) is 2. The van der Waals surface area contributed by atoms with Crippen LogP contribution in [0.3, 0.4) is 0 Å². The molecule has 3 heterocycles. The van der Waals surface area contributed by atoms with Crippen molar-refractivity contribution < 1.29 is 4.79 Å². The SMILES string of the molecule is Cc1cc(N2CCC(NC(=O)Cn3cccn3)CC2)n[nH]1. The summed E-state index contributed by atoms with van der Waals surface area (Å²) < 4.78 is 1.64. The largest absolute Gasteiger partial charge is 0.355 e. The zero-order valence-electron chi connectivity index (χ0n) is 12.1. The predicted octanol–water partition coefficient (Wildman–Crippen LogP) is 0.700. The topological polar surface area (TPSA) is 78.8 Å². The number of piperidine rings is 1. The van der Waals surface area contributed by atoms with E-state index in [0.717, 1.165) is 37.4 Å². The van der Waals surface area contributed by atoms with Crippen molar-refractivity contribution in [3.8, 4) is 0 Å². The number of amides is 1. The van der Waals surface area contributed by atoms with Crippen molar-refractivity contribution in [3.63, 3.8) is 0 Å². The average molecular weight is 288 g/mol. The van der Waals surface area contributed by atoms with Gasteiger partial charge in [-0.3, -0.25) is 14.6 Å². The number of hydrogen-bond donors (Lipinski definition) is 2. The van der Waals surface area contributed by atoms with Crippen molar-refractivity contribution in [3.05, 3.63) is 30.2 Å². The monoisotopic (exact) mass is 288 g/mol. The first-order valence-electron chi connectivity index (χ1n) is 7.24.